The second kappa shape index (κ2) is 8.10. The minimum atomic E-state index is -0.435. The van der Waals surface area contributed by atoms with Crippen molar-refractivity contribution in [3.05, 3.63) is 59.4 Å². The molecule has 0 bridgehead atoms. The quantitative estimate of drug-likeness (QED) is 0.800. The third-order valence-electron chi connectivity index (χ3n) is 3.35. The molecule has 0 unspecified atom stereocenters. The molecule has 0 radical (unpaired) electrons. The fourth-order valence-electron chi connectivity index (χ4n) is 2.13. The third-order valence-corrected chi connectivity index (χ3v) is 3.35. The summed E-state index contributed by atoms with van der Waals surface area (Å²) in [6, 6.07) is 11.2. The molecular formula is C18H19FN2O3. The second-order valence-corrected chi connectivity index (χ2v) is 5.33. The van der Waals surface area contributed by atoms with Gasteiger partial charge in [0.2, 0.25) is 11.8 Å². The minimum absolute atomic E-state index is 0.236. The molecule has 0 aliphatic rings. The first kappa shape index (κ1) is 17.5. The van der Waals surface area contributed by atoms with Gasteiger partial charge in [0.25, 0.3) is 0 Å². The molecule has 6 heteroatoms. The fourth-order valence-corrected chi connectivity index (χ4v) is 2.13. The molecule has 2 N–H and O–H groups in total. The van der Waals surface area contributed by atoms with E-state index in [0.717, 1.165) is 11.1 Å². The topological polar surface area (TPSA) is 67.4 Å². The Balaban J connectivity index is 1.86. The number of carbonyl (C=O) groups excluding carboxylic acids is 2. The van der Waals surface area contributed by atoms with E-state index < -0.39 is 11.8 Å². The van der Waals surface area contributed by atoms with Crippen molar-refractivity contribution in [3.63, 3.8) is 0 Å². The first-order valence-electron chi connectivity index (χ1n) is 7.43. The Kier molecular flexibility index (Phi) is 5.89. The Labute approximate surface area is 139 Å². The number of nitrogens with one attached hydrogen (secondary N) is 2. The SMILES string of the molecule is COc1ccc(C)cc1NC(=O)CC(=O)NCc1ccc(F)cc1. The van der Waals surface area contributed by atoms with E-state index in [1.807, 2.05) is 13.0 Å². The lowest BCUT2D eigenvalue weighted by Gasteiger charge is -2.11. The summed E-state index contributed by atoms with van der Waals surface area (Å²) < 4.78 is 18.0. The van der Waals surface area contributed by atoms with Crippen LogP contribution in [0.2, 0.25) is 0 Å². The molecule has 126 valence electrons. The molecule has 0 spiro atoms. The fraction of sp³-hybridized carbons (Fsp3) is 0.222. The molecule has 0 saturated heterocycles. The lowest BCUT2D eigenvalue weighted by Crippen LogP contribution is -2.27. The molecule has 2 amide bonds. The highest BCUT2D eigenvalue weighted by atomic mass is 19.1. The van der Waals surface area contributed by atoms with Gasteiger partial charge in [-0.25, -0.2) is 4.39 Å². The Morgan fingerprint density at radius 1 is 1.08 bits per heavy atom. The molecule has 2 rings (SSSR count). The first-order chi connectivity index (χ1) is 11.5. The van der Waals surface area contributed by atoms with Crippen LogP contribution in [0.15, 0.2) is 42.5 Å². The van der Waals surface area contributed by atoms with Crippen molar-refractivity contribution in [1.29, 1.82) is 0 Å². The minimum Gasteiger partial charge on any atom is -0.495 e. The van der Waals surface area contributed by atoms with Gasteiger partial charge >= 0.3 is 0 Å². The number of amides is 2. The van der Waals surface area contributed by atoms with Gasteiger partial charge in [-0.3, -0.25) is 9.59 Å². The summed E-state index contributed by atoms with van der Waals surface area (Å²) in [6.07, 6.45) is -0.307. The van der Waals surface area contributed by atoms with Crippen LogP contribution in [-0.2, 0) is 16.1 Å². The normalized spacial score (nSPS) is 10.1. The van der Waals surface area contributed by atoms with E-state index in [4.69, 9.17) is 4.74 Å². The maximum absolute atomic E-state index is 12.8. The highest BCUT2D eigenvalue weighted by Crippen LogP contribution is 2.25. The van der Waals surface area contributed by atoms with Gasteiger partial charge in [0.15, 0.2) is 0 Å². The largest absolute Gasteiger partial charge is 0.495 e. The van der Waals surface area contributed by atoms with Gasteiger partial charge in [0, 0.05) is 6.54 Å². The number of carbonyl (C=O) groups is 2. The zero-order chi connectivity index (χ0) is 17.5. The van der Waals surface area contributed by atoms with Crippen LogP contribution in [-0.4, -0.2) is 18.9 Å². The summed E-state index contributed by atoms with van der Waals surface area (Å²) in [7, 11) is 1.51. The number of rotatable bonds is 6. The van der Waals surface area contributed by atoms with E-state index in [-0.39, 0.29) is 18.8 Å². The summed E-state index contributed by atoms with van der Waals surface area (Å²) in [4.78, 5) is 23.8. The van der Waals surface area contributed by atoms with Crippen molar-refractivity contribution in [1.82, 2.24) is 5.32 Å². The van der Waals surface area contributed by atoms with Crippen molar-refractivity contribution >= 4 is 17.5 Å². The van der Waals surface area contributed by atoms with E-state index in [1.165, 1.54) is 19.2 Å². The van der Waals surface area contributed by atoms with Gasteiger partial charge in [0.05, 0.1) is 12.8 Å². The number of hydrogen-bond acceptors (Lipinski definition) is 3. The van der Waals surface area contributed by atoms with Crippen LogP contribution in [0.4, 0.5) is 10.1 Å². The smallest absolute Gasteiger partial charge is 0.233 e. The maximum atomic E-state index is 12.8. The molecule has 0 aromatic heterocycles. The van der Waals surface area contributed by atoms with Crippen LogP contribution < -0.4 is 15.4 Å². The molecule has 0 atom stereocenters. The van der Waals surface area contributed by atoms with E-state index in [2.05, 4.69) is 10.6 Å². The molecule has 24 heavy (non-hydrogen) atoms. The van der Waals surface area contributed by atoms with Crippen molar-refractivity contribution in [3.8, 4) is 5.75 Å². The summed E-state index contributed by atoms with van der Waals surface area (Å²) in [5, 5.41) is 5.29. The second-order valence-electron chi connectivity index (χ2n) is 5.33. The summed E-state index contributed by atoms with van der Waals surface area (Å²) in [5.74, 6) is -0.656. The predicted octanol–water partition coefficient (Wildman–Crippen LogP) is 2.79. The summed E-state index contributed by atoms with van der Waals surface area (Å²) in [6.45, 7) is 2.13. The van der Waals surface area contributed by atoms with Crippen LogP contribution in [0.1, 0.15) is 17.5 Å². The lowest BCUT2D eigenvalue weighted by atomic mass is 10.2. The van der Waals surface area contributed by atoms with Crippen LogP contribution in [0, 0.1) is 12.7 Å². The standard InChI is InChI=1S/C18H19FN2O3/c1-12-3-8-16(24-2)15(9-12)21-18(23)10-17(22)20-11-13-4-6-14(19)7-5-13/h3-9H,10-11H2,1-2H3,(H,20,22)(H,21,23). The van der Waals surface area contributed by atoms with Crippen LogP contribution in [0.3, 0.4) is 0 Å². The molecule has 2 aromatic rings. The summed E-state index contributed by atoms with van der Waals surface area (Å²) in [5.41, 5.74) is 2.24. The molecule has 5 nitrogen and oxygen atoms in total. The van der Waals surface area contributed by atoms with Crippen LogP contribution in [0.5, 0.6) is 5.75 Å². The van der Waals surface area contributed by atoms with Gasteiger partial charge < -0.3 is 15.4 Å². The molecule has 2 aromatic carbocycles. The lowest BCUT2D eigenvalue weighted by molar-refractivity contribution is -0.126. The number of methoxy groups -OCH3 is 1. The average Bonchev–Trinajstić information content (AvgIpc) is 2.54. The van der Waals surface area contributed by atoms with E-state index in [1.54, 1.807) is 24.3 Å². The highest BCUT2D eigenvalue weighted by Gasteiger charge is 2.12. The summed E-state index contributed by atoms with van der Waals surface area (Å²) >= 11 is 0. The molecule has 0 saturated carbocycles. The molecular weight excluding hydrogens is 311 g/mol. The van der Waals surface area contributed by atoms with Crippen LogP contribution >= 0.6 is 0 Å². The van der Waals surface area contributed by atoms with Crippen LogP contribution in [0.25, 0.3) is 0 Å². The highest BCUT2D eigenvalue weighted by molar-refractivity contribution is 6.04. The van der Waals surface area contributed by atoms with Crippen molar-refractivity contribution < 1.29 is 18.7 Å². The van der Waals surface area contributed by atoms with Crippen molar-refractivity contribution in [2.45, 2.75) is 19.9 Å². The number of benzene rings is 2. The van der Waals surface area contributed by atoms with E-state index >= 15 is 0 Å². The van der Waals surface area contributed by atoms with Crippen molar-refractivity contribution in [2.75, 3.05) is 12.4 Å². The van der Waals surface area contributed by atoms with Gasteiger partial charge in [-0.05, 0) is 42.3 Å². The number of ether oxygens (including phenoxy) is 1. The zero-order valence-electron chi connectivity index (χ0n) is 13.6. The maximum Gasteiger partial charge on any atom is 0.233 e. The third kappa shape index (κ3) is 5.08. The van der Waals surface area contributed by atoms with Gasteiger partial charge in [-0.2, -0.15) is 0 Å². The molecule has 0 aliphatic heterocycles. The van der Waals surface area contributed by atoms with Gasteiger partial charge in [0.1, 0.15) is 18.0 Å². The van der Waals surface area contributed by atoms with Gasteiger partial charge in [-0.1, -0.05) is 18.2 Å². The zero-order valence-corrected chi connectivity index (χ0v) is 13.6. The first-order valence-corrected chi connectivity index (χ1v) is 7.43. The predicted molar refractivity (Wildman–Crippen MR) is 89.2 cm³/mol. The Hall–Kier alpha value is -2.89. The Bertz CT molecular complexity index is 730. The monoisotopic (exact) mass is 330 g/mol. The average molecular weight is 330 g/mol. The number of hydrogen-bond donors (Lipinski definition) is 2. The van der Waals surface area contributed by atoms with E-state index in [9.17, 15) is 14.0 Å². The molecule has 0 fully saturated rings. The number of aryl methyl sites for hydroxylation is 1. The van der Waals surface area contributed by atoms with Crippen molar-refractivity contribution in [2.24, 2.45) is 0 Å². The number of anilines is 1. The Morgan fingerprint density at radius 2 is 1.79 bits per heavy atom. The molecule has 0 aliphatic carbocycles. The number of halogens is 1. The van der Waals surface area contributed by atoms with Gasteiger partial charge in [-0.15, -0.1) is 0 Å². The Morgan fingerprint density at radius 3 is 2.46 bits per heavy atom. The molecule has 0 heterocycles. The van der Waals surface area contributed by atoms with E-state index in [0.29, 0.717) is 11.4 Å².